The molecule has 6 nitrogen and oxygen atoms in total. The van der Waals surface area contributed by atoms with E-state index in [1.807, 2.05) is 6.92 Å². The van der Waals surface area contributed by atoms with Gasteiger partial charge in [0.15, 0.2) is 9.84 Å². The van der Waals surface area contributed by atoms with Crippen LogP contribution in [0.5, 0.6) is 0 Å². The summed E-state index contributed by atoms with van der Waals surface area (Å²) in [5.74, 6) is -1.01. The molecule has 130 valence electrons. The summed E-state index contributed by atoms with van der Waals surface area (Å²) in [6.07, 6.45) is 2.41. The third-order valence-electron chi connectivity index (χ3n) is 4.10. The first-order valence-electron chi connectivity index (χ1n) is 7.29. The summed E-state index contributed by atoms with van der Waals surface area (Å²) in [6, 6.07) is 2.76. The van der Waals surface area contributed by atoms with Crippen molar-refractivity contribution in [2.45, 2.75) is 35.6 Å². The number of rotatable bonds is 4. The molecule has 1 heterocycles. The van der Waals surface area contributed by atoms with Crippen molar-refractivity contribution >= 4 is 19.9 Å². The Balaban J connectivity index is 2.35. The molecule has 2 N–H and O–H groups in total. The van der Waals surface area contributed by atoms with Crippen molar-refractivity contribution in [2.75, 3.05) is 19.3 Å². The Morgan fingerprint density at radius 1 is 1.30 bits per heavy atom. The first-order chi connectivity index (χ1) is 10.5. The van der Waals surface area contributed by atoms with Crippen LogP contribution in [0.25, 0.3) is 0 Å². The quantitative estimate of drug-likeness (QED) is 0.859. The van der Waals surface area contributed by atoms with Gasteiger partial charge in [0.2, 0.25) is 10.0 Å². The van der Waals surface area contributed by atoms with Gasteiger partial charge < -0.3 is 5.73 Å². The van der Waals surface area contributed by atoms with Crippen molar-refractivity contribution < 1.29 is 21.2 Å². The Labute approximate surface area is 136 Å². The van der Waals surface area contributed by atoms with Crippen LogP contribution >= 0.6 is 0 Å². The third-order valence-corrected chi connectivity index (χ3v) is 7.10. The number of hydrogen-bond acceptors (Lipinski definition) is 5. The zero-order chi connectivity index (χ0) is 17.4. The molecule has 1 aliphatic rings. The van der Waals surface area contributed by atoms with Crippen molar-refractivity contribution in [1.82, 2.24) is 4.31 Å². The normalized spacial score (nSPS) is 22.0. The third kappa shape index (κ3) is 3.90. The van der Waals surface area contributed by atoms with E-state index < -0.39 is 30.6 Å². The number of nitrogens with two attached hydrogens (primary N) is 1. The molecule has 1 fully saturated rings. The van der Waals surface area contributed by atoms with Gasteiger partial charge >= 0.3 is 0 Å². The summed E-state index contributed by atoms with van der Waals surface area (Å²) < 4.78 is 63.4. The molecule has 2 rings (SSSR count). The van der Waals surface area contributed by atoms with Gasteiger partial charge in [0.1, 0.15) is 10.7 Å². The topological polar surface area (TPSA) is 97.5 Å². The number of halogens is 1. The van der Waals surface area contributed by atoms with Gasteiger partial charge in [0, 0.05) is 25.4 Å². The van der Waals surface area contributed by atoms with E-state index >= 15 is 0 Å². The van der Waals surface area contributed by atoms with Crippen LogP contribution in [-0.4, -0.2) is 46.5 Å². The van der Waals surface area contributed by atoms with Gasteiger partial charge in [-0.3, -0.25) is 0 Å². The van der Waals surface area contributed by atoms with Gasteiger partial charge in [-0.1, -0.05) is 0 Å². The standard InChI is InChI=1S/C14H21FN2O4S2/c1-10(16)11-4-3-7-17(9-11)23(20,21)12-5-6-14(13(15)8-12)22(2,18)19/h5-6,8,10-11H,3-4,7,9,16H2,1-2H3/t10-,11-/m0/s1. The van der Waals surface area contributed by atoms with E-state index in [0.29, 0.717) is 13.0 Å². The fourth-order valence-electron chi connectivity index (χ4n) is 2.71. The smallest absolute Gasteiger partial charge is 0.243 e. The van der Waals surface area contributed by atoms with Crippen molar-refractivity contribution in [3.05, 3.63) is 24.0 Å². The van der Waals surface area contributed by atoms with Gasteiger partial charge in [0.25, 0.3) is 0 Å². The maximum absolute atomic E-state index is 14.0. The molecule has 1 aromatic carbocycles. The van der Waals surface area contributed by atoms with E-state index in [2.05, 4.69) is 0 Å². The number of sulfone groups is 1. The molecule has 0 amide bonds. The number of hydrogen-bond donors (Lipinski definition) is 1. The van der Waals surface area contributed by atoms with E-state index in [-0.39, 0.29) is 23.4 Å². The Bertz CT molecular complexity index is 791. The van der Waals surface area contributed by atoms with E-state index in [1.165, 1.54) is 4.31 Å². The number of nitrogens with zero attached hydrogens (tertiary/aromatic N) is 1. The summed E-state index contributed by atoms with van der Waals surface area (Å²) in [6.45, 7) is 2.47. The maximum Gasteiger partial charge on any atom is 0.243 e. The molecular formula is C14H21FN2O4S2. The largest absolute Gasteiger partial charge is 0.328 e. The minimum Gasteiger partial charge on any atom is -0.328 e. The summed E-state index contributed by atoms with van der Waals surface area (Å²) in [7, 11) is -7.61. The van der Waals surface area contributed by atoms with Crippen molar-refractivity contribution in [1.29, 1.82) is 0 Å². The highest BCUT2D eigenvalue weighted by atomic mass is 32.2. The van der Waals surface area contributed by atoms with Crippen LogP contribution in [0.1, 0.15) is 19.8 Å². The summed E-state index contributed by atoms with van der Waals surface area (Å²) in [5, 5.41) is 0. The fourth-order valence-corrected chi connectivity index (χ4v) is 4.99. The van der Waals surface area contributed by atoms with Crippen molar-refractivity contribution in [3.8, 4) is 0 Å². The van der Waals surface area contributed by atoms with Crippen LogP contribution in [0.15, 0.2) is 28.0 Å². The predicted octanol–water partition coefficient (Wildman–Crippen LogP) is 0.977. The second-order valence-electron chi connectivity index (χ2n) is 5.99. The number of sulfonamides is 1. The fraction of sp³-hybridized carbons (Fsp3) is 0.571. The van der Waals surface area contributed by atoms with E-state index in [4.69, 9.17) is 5.73 Å². The first-order valence-corrected chi connectivity index (χ1v) is 10.6. The molecule has 1 saturated heterocycles. The Kier molecular flexibility index (Phi) is 5.15. The number of benzene rings is 1. The molecule has 0 bridgehead atoms. The molecular weight excluding hydrogens is 343 g/mol. The lowest BCUT2D eigenvalue weighted by atomic mass is 9.93. The van der Waals surface area contributed by atoms with E-state index in [1.54, 1.807) is 0 Å². The minimum absolute atomic E-state index is 0.0543. The van der Waals surface area contributed by atoms with Gasteiger partial charge in [-0.05, 0) is 43.9 Å². The van der Waals surface area contributed by atoms with Crippen LogP contribution in [0.2, 0.25) is 0 Å². The zero-order valence-electron chi connectivity index (χ0n) is 13.1. The van der Waals surface area contributed by atoms with Gasteiger partial charge in [0.05, 0.1) is 4.90 Å². The summed E-state index contributed by atoms with van der Waals surface area (Å²) in [4.78, 5) is -0.753. The molecule has 9 heteroatoms. The second-order valence-corrected chi connectivity index (χ2v) is 9.91. The average Bonchev–Trinajstić information content (AvgIpc) is 2.45. The Morgan fingerprint density at radius 2 is 1.96 bits per heavy atom. The SMILES string of the molecule is C[C@H](N)[C@H]1CCCN(S(=O)(=O)c2ccc(S(C)(=O)=O)c(F)c2)C1. The lowest BCUT2D eigenvalue weighted by Crippen LogP contribution is -2.44. The highest BCUT2D eigenvalue weighted by Gasteiger charge is 2.32. The highest BCUT2D eigenvalue weighted by molar-refractivity contribution is 7.90. The van der Waals surface area contributed by atoms with Crippen molar-refractivity contribution in [3.63, 3.8) is 0 Å². The second kappa shape index (κ2) is 6.46. The van der Waals surface area contributed by atoms with Gasteiger partial charge in [-0.25, -0.2) is 21.2 Å². The monoisotopic (exact) mass is 364 g/mol. The average molecular weight is 364 g/mol. The summed E-state index contributed by atoms with van der Waals surface area (Å²) >= 11 is 0. The molecule has 23 heavy (non-hydrogen) atoms. The molecule has 0 saturated carbocycles. The highest BCUT2D eigenvalue weighted by Crippen LogP contribution is 2.26. The zero-order valence-corrected chi connectivity index (χ0v) is 14.7. The lowest BCUT2D eigenvalue weighted by Gasteiger charge is -2.33. The molecule has 0 aromatic heterocycles. The van der Waals surface area contributed by atoms with Crippen LogP contribution in [0.4, 0.5) is 4.39 Å². The first kappa shape index (κ1) is 18.3. The van der Waals surface area contributed by atoms with E-state index in [9.17, 15) is 21.2 Å². The predicted molar refractivity (Wildman–Crippen MR) is 84.6 cm³/mol. The van der Waals surface area contributed by atoms with Crippen molar-refractivity contribution in [2.24, 2.45) is 11.7 Å². The van der Waals surface area contributed by atoms with Gasteiger partial charge in [-0.2, -0.15) is 4.31 Å². The molecule has 2 atom stereocenters. The molecule has 1 aromatic rings. The molecule has 0 spiro atoms. The van der Waals surface area contributed by atoms with Crippen LogP contribution < -0.4 is 5.73 Å². The maximum atomic E-state index is 14.0. The van der Waals surface area contributed by atoms with Gasteiger partial charge in [-0.15, -0.1) is 0 Å². The van der Waals surface area contributed by atoms with Crippen LogP contribution in [0, 0.1) is 11.7 Å². The molecule has 0 unspecified atom stereocenters. The molecule has 1 aliphatic heterocycles. The van der Waals surface area contributed by atoms with E-state index in [0.717, 1.165) is 30.9 Å². The number of piperidine rings is 1. The molecule has 0 aliphatic carbocycles. The Hall–Kier alpha value is -1.03. The Morgan fingerprint density at radius 3 is 2.48 bits per heavy atom. The molecule has 0 radical (unpaired) electrons. The van der Waals surface area contributed by atoms with Crippen LogP contribution in [0.3, 0.4) is 0 Å². The lowest BCUT2D eigenvalue weighted by molar-refractivity contribution is 0.243. The minimum atomic E-state index is -3.87. The summed E-state index contributed by atoms with van der Waals surface area (Å²) in [5.41, 5.74) is 5.85. The van der Waals surface area contributed by atoms with Crippen LogP contribution in [-0.2, 0) is 19.9 Å².